The molecule has 0 aliphatic rings. The second kappa shape index (κ2) is 21.0. The molecule has 11 aromatic carbocycles. The predicted molar refractivity (Wildman–Crippen MR) is 334 cm³/mol. The van der Waals surface area contributed by atoms with Gasteiger partial charge in [-0.25, -0.2) is 15.0 Å². The average Bonchev–Trinajstić information content (AvgIpc) is 1.63. The van der Waals surface area contributed by atoms with Gasteiger partial charge in [-0.1, -0.05) is 133 Å². The number of phenolic OH excluding ortho intramolecular Hbond substituents is 2. The van der Waals surface area contributed by atoms with Gasteiger partial charge in [0.25, 0.3) is 0 Å². The number of fused-ring (bicyclic) bond motifs is 6. The first-order valence-corrected chi connectivity index (χ1v) is 29.7. The molecule has 0 spiro atoms. The van der Waals surface area contributed by atoms with Crippen molar-refractivity contribution in [2.75, 3.05) is 0 Å². The zero-order valence-corrected chi connectivity index (χ0v) is 46.6. The maximum atomic E-state index is 11.6. The molecule has 3 aromatic heterocycles. The normalized spacial score (nSPS) is 11.9. The van der Waals surface area contributed by atoms with Crippen molar-refractivity contribution in [3.8, 4) is 113 Å². The molecule has 14 rings (SSSR count). The molecule has 17 heteroatoms. The zero-order chi connectivity index (χ0) is 58.8. The maximum Gasteiger partial charge on any atom is 0.446 e. The summed E-state index contributed by atoms with van der Waals surface area (Å²) in [4.78, 5) is 15.5. The molecule has 0 aliphatic carbocycles. The summed E-state index contributed by atoms with van der Waals surface area (Å²) >= 11 is 0. The smallest absolute Gasteiger partial charge is 0.446 e. The van der Waals surface area contributed by atoms with Crippen LogP contribution in [0.3, 0.4) is 0 Å². The first kappa shape index (κ1) is 53.1. The van der Waals surface area contributed by atoms with E-state index in [1.54, 1.807) is 48.5 Å². The topological polar surface area (TPSA) is 216 Å². The van der Waals surface area contributed by atoms with Crippen molar-refractivity contribution in [2.45, 2.75) is 0 Å². The van der Waals surface area contributed by atoms with Crippen LogP contribution in [-0.2, 0) is 20.8 Å². The molecule has 418 valence electrons. The maximum absolute atomic E-state index is 11.6. The quantitative estimate of drug-likeness (QED) is 0.0791. The highest BCUT2D eigenvalue weighted by atomic mass is 32.3. The van der Waals surface area contributed by atoms with E-state index in [4.69, 9.17) is 23.3 Å². The van der Waals surface area contributed by atoms with Gasteiger partial charge in [0.1, 0.15) is 23.0 Å². The molecule has 0 saturated heterocycles. The number of hydrogen-bond acceptors (Lipinski definition) is 11. The fourth-order valence-corrected chi connectivity index (χ4v) is 11.9. The van der Waals surface area contributed by atoms with Crippen LogP contribution >= 0.6 is 0 Å². The van der Waals surface area contributed by atoms with Crippen LogP contribution in [0.15, 0.2) is 249 Å². The van der Waals surface area contributed by atoms with E-state index in [9.17, 15) is 36.2 Å². The minimum atomic E-state index is -4.74. The molecular formula is C69H45N5O10S2. The second-order valence-electron chi connectivity index (χ2n) is 20.5. The molecule has 14 aromatic rings. The summed E-state index contributed by atoms with van der Waals surface area (Å²) in [7, 11) is -9.49. The third-order valence-corrected chi connectivity index (χ3v) is 15.9. The Hall–Kier alpha value is -11.0. The minimum absolute atomic E-state index is 0.0455. The van der Waals surface area contributed by atoms with Crippen LogP contribution in [0.25, 0.3) is 134 Å². The van der Waals surface area contributed by atoms with Gasteiger partial charge in [-0.05, 0) is 160 Å². The molecule has 0 amide bonds. The number of hydrogen-bond donors (Lipinski definition) is 4. The molecule has 15 nitrogen and oxygen atoms in total. The zero-order valence-electron chi connectivity index (χ0n) is 45.0. The van der Waals surface area contributed by atoms with Crippen LogP contribution in [0.4, 0.5) is 0 Å². The second-order valence-corrected chi connectivity index (χ2v) is 22.6. The third-order valence-electron chi connectivity index (χ3n) is 15.1. The van der Waals surface area contributed by atoms with Gasteiger partial charge >= 0.3 is 20.8 Å². The molecule has 0 fully saturated rings. The Balaban J connectivity index is 1.04. The third kappa shape index (κ3) is 10.4. The first-order valence-electron chi connectivity index (χ1n) is 26.9. The van der Waals surface area contributed by atoms with Crippen LogP contribution in [-0.4, -0.2) is 60.2 Å². The van der Waals surface area contributed by atoms with Gasteiger partial charge in [0.15, 0.2) is 17.5 Å². The van der Waals surface area contributed by atoms with E-state index in [1.165, 1.54) is 24.3 Å². The van der Waals surface area contributed by atoms with Crippen molar-refractivity contribution in [3.05, 3.63) is 249 Å². The van der Waals surface area contributed by atoms with E-state index in [0.717, 1.165) is 111 Å². The number of benzene rings is 11. The molecule has 0 aliphatic heterocycles. The van der Waals surface area contributed by atoms with E-state index in [0.29, 0.717) is 23.0 Å². The van der Waals surface area contributed by atoms with Crippen molar-refractivity contribution >= 4 is 64.4 Å². The minimum Gasteiger partial charge on any atom is -0.508 e. The van der Waals surface area contributed by atoms with E-state index in [1.807, 2.05) is 97.1 Å². The highest BCUT2D eigenvalue weighted by Crippen LogP contribution is 2.43. The van der Waals surface area contributed by atoms with Crippen molar-refractivity contribution in [1.82, 2.24) is 24.1 Å². The van der Waals surface area contributed by atoms with Crippen molar-refractivity contribution in [1.29, 1.82) is 0 Å². The lowest BCUT2D eigenvalue weighted by Gasteiger charge is -2.16. The van der Waals surface area contributed by atoms with Gasteiger partial charge < -0.3 is 27.7 Å². The summed E-state index contributed by atoms with van der Waals surface area (Å²) in [5.41, 5.74) is 14.0. The van der Waals surface area contributed by atoms with Crippen molar-refractivity contribution < 1.29 is 44.5 Å². The van der Waals surface area contributed by atoms with Crippen LogP contribution in [0, 0.1) is 0 Å². The monoisotopic (exact) mass is 1170 g/mol. The molecule has 0 radical (unpaired) electrons. The Kier molecular flexibility index (Phi) is 13.0. The molecule has 0 saturated carbocycles. The standard InChI is InChI=1S/C69H45N5O10S2/c75-55-23-11-42(12-24-55)48-19-31-63-59(37-48)61-39-50(44-15-27-57(28-16-44)83-85(77,78)79)21-33-65(61)73(63)53-35-52(69-71-67(46-7-3-1-4-8-46)70-68(72-69)47-9-5-2-6-10-47)36-54(41-53)74-64-32-20-49(43-13-25-56(76)26-14-43)38-60(64)62-40-51(22-34-66(62)74)45-17-29-58(30-18-45)84-86(80,81)82/h1-41,75-76H,(H,77,78,79)(H,80,81,82). The van der Waals surface area contributed by atoms with Gasteiger partial charge in [0, 0.05) is 49.6 Å². The van der Waals surface area contributed by atoms with Crippen molar-refractivity contribution in [2.24, 2.45) is 0 Å². The van der Waals surface area contributed by atoms with Gasteiger partial charge in [0.2, 0.25) is 0 Å². The van der Waals surface area contributed by atoms with E-state index in [-0.39, 0.29) is 23.0 Å². The lowest BCUT2D eigenvalue weighted by atomic mass is 10.00. The SMILES string of the molecule is O=S(=O)(O)Oc1ccc(-c2ccc3c(c2)c2cc(-c4ccc(O)cc4)ccc2n3-c2cc(-c3nc(-c4ccccc4)nc(-c4ccccc4)n3)cc(-n3c4ccc(-c5ccc(O)cc5)cc4c4cc(-c5ccc(OS(=O)(=O)O)cc5)ccc43)c2)cc1. The number of phenols is 2. The summed E-state index contributed by atoms with van der Waals surface area (Å²) in [6, 6.07) is 77.6. The molecule has 0 bridgehead atoms. The summed E-state index contributed by atoms with van der Waals surface area (Å²) in [6.45, 7) is 0. The number of rotatable bonds is 13. The Morgan fingerprint density at radius 1 is 0.291 bits per heavy atom. The highest BCUT2D eigenvalue weighted by molar-refractivity contribution is 7.81. The number of nitrogens with zero attached hydrogens (tertiary/aromatic N) is 5. The predicted octanol–water partition coefficient (Wildman–Crippen LogP) is 15.5. The van der Waals surface area contributed by atoms with Gasteiger partial charge in [0.05, 0.1) is 22.1 Å². The molecule has 0 unspecified atom stereocenters. The van der Waals surface area contributed by atoms with Crippen LogP contribution in [0.5, 0.6) is 23.0 Å². The van der Waals surface area contributed by atoms with Crippen molar-refractivity contribution in [3.63, 3.8) is 0 Å². The van der Waals surface area contributed by atoms with E-state index >= 15 is 0 Å². The van der Waals surface area contributed by atoms with Gasteiger partial charge in [-0.3, -0.25) is 9.11 Å². The van der Waals surface area contributed by atoms with E-state index < -0.39 is 20.8 Å². The molecule has 3 heterocycles. The first-order chi connectivity index (χ1) is 41.6. The van der Waals surface area contributed by atoms with Gasteiger partial charge in [-0.15, -0.1) is 0 Å². The van der Waals surface area contributed by atoms with Crippen LogP contribution in [0.2, 0.25) is 0 Å². The Morgan fingerprint density at radius 3 is 0.872 bits per heavy atom. The molecular weight excluding hydrogens is 1120 g/mol. The lowest BCUT2D eigenvalue weighted by molar-refractivity contribution is 0.384. The lowest BCUT2D eigenvalue weighted by Crippen LogP contribution is -2.06. The summed E-state index contributed by atoms with van der Waals surface area (Å²) in [6.07, 6.45) is 0. The molecule has 86 heavy (non-hydrogen) atoms. The Labute approximate surface area is 492 Å². The fraction of sp³-hybridized carbons (Fsp3) is 0. The van der Waals surface area contributed by atoms with E-state index in [2.05, 4.69) is 88.0 Å². The van der Waals surface area contributed by atoms with Gasteiger partial charge in [-0.2, -0.15) is 16.8 Å². The van der Waals surface area contributed by atoms with Crippen LogP contribution < -0.4 is 8.37 Å². The Bertz CT molecular complexity index is 4900. The highest BCUT2D eigenvalue weighted by Gasteiger charge is 2.22. The summed E-state index contributed by atoms with van der Waals surface area (Å²) < 4.78 is 79.1. The average molecular weight is 1170 g/mol. The number of aromatic nitrogens is 5. The number of aromatic hydroxyl groups is 2. The molecule has 4 N–H and O–H groups in total. The van der Waals surface area contributed by atoms with Crippen LogP contribution in [0.1, 0.15) is 0 Å². The molecule has 0 atom stereocenters. The largest absolute Gasteiger partial charge is 0.508 e. The Morgan fingerprint density at radius 2 is 0.570 bits per heavy atom. The summed E-state index contributed by atoms with van der Waals surface area (Å²) in [5.74, 6) is 1.58. The fourth-order valence-electron chi connectivity index (χ4n) is 11.2. The summed E-state index contributed by atoms with van der Waals surface area (Å²) in [5, 5.41) is 24.2.